The van der Waals surface area contributed by atoms with Crippen LogP contribution in [0, 0.1) is 0 Å². The Morgan fingerprint density at radius 1 is 1.50 bits per heavy atom. The van der Waals surface area contributed by atoms with Crippen LogP contribution in [0.5, 0.6) is 0 Å². The van der Waals surface area contributed by atoms with Crippen LogP contribution in [-0.2, 0) is 4.79 Å². The Balaban J connectivity index is 2.54. The fourth-order valence-corrected chi connectivity index (χ4v) is 1.28. The van der Waals surface area contributed by atoms with Gasteiger partial charge in [0.25, 0.3) is 0 Å². The van der Waals surface area contributed by atoms with Crippen molar-refractivity contribution in [3.8, 4) is 0 Å². The van der Waals surface area contributed by atoms with Gasteiger partial charge in [0.1, 0.15) is 0 Å². The summed E-state index contributed by atoms with van der Waals surface area (Å²) in [6.45, 7) is 3.64. The summed E-state index contributed by atoms with van der Waals surface area (Å²) in [5, 5.41) is 2.83. The highest BCUT2D eigenvalue weighted by Crippen LogP contribution is 2.22. The number of nitrogens with one attached hydrogen (secondary N) is 1. The Labute approximate surface area is 61.3 Å². The zero-order valence-corrected chi connectivity index (χ0v) is 6.53. The predicted molar refractivity (Wildman–Crippen MR) is 40.4 cm³/mol. The normalized spacial score (nSPS) is 17.8. The lowest BCUT2D eigenvalue weighted by atomic mass is 10.2. The van der Waals surface area contributed by atoms with Crippen molar-refractivity contribution >= 4 is 5.91 Å². The van der Waals surface area contributed by atoms with Crippen LogP contribution in [0.1, 0.15) is 33.1 Å². The molecule has 0 atom stereocenters. The highest BCUT2D eigenvalue weighted by molar-refractivity contribution is 5.75. The topological polar surface area (TPSA) is 29.1 Å². The van der Waals surface area contributed by atoms with E-state index in [9.17, 15) is 4.79 Å². The minimum Gasteiger partial charge on any atom is -0.330 e. The monoisotopic (exact) mass is 139 g/mol. The summed E-state index contributed by atoms with van der Waals surface area (Å²) in [6, 6.07) is 0. The molecule has 0 radical (unpaired) electrons. The third-order valence-electron chi connectivity index (χ3n) is 1.82. The molecule has 0 aliphatic heterocycles. The van der Waals surface area contributed by atoms with Gasteiger partial charge in [-0.1, -0.05) is 5.57 Å². The molecule has 0 unspecified atom stereocenters. The highest BCUT2D eigenvalue weighted by atomic mass is 16.1. The SMILES string of the molecule is CC(=O)NC1=C(C)CCC1. The van der Waals surface area contributed by atoms with Gasteiger partial charge in [0, 0.05) is 12.6 Å². The van der Waals surface area contributed by atoms with E-state index in [0.29, 0.717) is 0 Å². The zero-order valence-electron chi connectivity index (χ0n) is 6.53. The lowest BCUT2D eigenvalue weighted by Crippen LogP contribution is -2.18. The van der Waals surface area contributed by atoms with Gasteiger partial charge >= 0.3 is 0 Å². The molecule has 0 bridgehead atoms. The Bertz CT molecular complexity index is 182. The molecule has 2 heteroatoms. The van der Waals surface area contributed by atoms with Gasteiger partial charge < -0.3 is 5.32 Å². The number of carbonyl (C=O) groups excluding carboxylic acids is 1. The van der Waals surface area contributed by atoms with Crippen LogP contribution in [0.4, 0.5) is 0 Å². The molecule has 0 aromatic heterocycles. The largest absolute Gasteiger partial charge is 0.330 e. The molecule has 10 heavy (non-hydrogen) atoms. The average Bonchev–Trinajstić information content (AvgIpc) is 2.15. The molecule has 0 aromatic rings. The molecule has 0 fully saturated rings. The van der Waals surface area contributed by atoms with E-state index in [4.69, 9.17) is 0 Å². The van der Waals surface area contributed by atoms with Crippen molar-refractivity contribution in [2.75, 3.05) is 0 Å². The minimum atomic E-state index is 0.0521. The van der Waals surface area contributed by atoms with Crippen molar-refractivity contribution in [3.05, 3.63) is 11.3 Å². The second kappa shape index (κ2) is 2.86. The molecule has 0 saturated carbocycles. The average molecular weight is 139 g/mol. The molecule has 1 aliphatic carbocycles. The van der Waals surface area contributed by atoms with E-state index < -0.39 is 0 Å². The van der Waals surface area contributed by atoms with Crippen LogP contribution in [0.15, 0.2) is 11.3 Å². The summed E-state index contributed by atoms with van der Waals surface area (Å²) in [4.78, 5) is 10.6. The fourth-order valence-electron chi connectivity index (χ4n) is 1.28. The molecule has 56 valence electrons. The number of allylic oxidation sites excluding steroid dienone is 2. The lowest BCUT2D eigenvalue weighted by molar-refractivity contribution is -0.118. The van der Waals surface area contributed by atoms with Gasteiger partial charge in [-0.3, -0.25) is 4.79 Å². The summed E-state index contributed by atoms with van der Waals surface area (Å²) < 4.78 is 0. The van der Waals surface area contributed by atoms with E-state index in [0.717, 1.165) is 18.5 Å². The van der Waals surface area contributed by atoms with E-state index in [1.54, 1.807) is 6.92 Å². The molecule has 1 amide bonds. The molecule has 0 aromatic carbocycles. The van der Waals surface area contributed by atoms with E-state index in [1.165, 1.54) is 12.0 Å². The standard InChI is InChI=1S/C8H13NO/c1-6-4-3-5-8(6)9-7(2)10/h3-5H2,1-2H3,(H,9,10). The van der Waals surface area contributed by atoms with Crippen LogP contribution in [0.2, 0.25) is 0 Å². The summed E-state index contributed by atoms with van der Waals surface area (Å²) in [5.41, 5.74) is 2.49. The van der Waals surface area contributed by atoms with Crippen molar-refractivity contribution in [2.24, 2.45) is 0 Å². The number of carbonyl (C=O) groups is 1. The second-order valence-corrected chi connectivity index (χ2v) is 2.79. The highest BCUT2D eigenvalue weighted by Gasteiger charge is 2.10. The van der Waals surface area contributed by atoms with Gasteiger partial charge in [-0.15, -0.1) is 0 Å². The van der Waals surface area contributed by atoms with E-state index in [-0.39, 0.29) is 5.91 Å². The molecule has 1 aliphatic rings. The van der Waals surface area contributed by atoms with Crippen LogP contribution in [-0.4, -0.2) is 5.91 Å². The van der Waals surface area contributed by atoms with Crippen molar-refractivity contribution in [3.63, 3.8) is 0 Å². The third-order valence-corrected chi connectivity index (χ3v) is 1.82. The van der Waals surface area contributed by atoms with Crippen molar-refractivity contribution in [1.29, 1.82) is 0 Å². The first-order chi connectivity index (χ1) is 4.70. The summed E-state index contributed by atoms with van der Waals surface area (Å²) in [5.74, 6) is 0.0521. The summed E-state index contributed by atoms with van der Waals surface area (Å²) in [6.07, 6.45) is 3.39. The number of rotatable bonds is 1. The Morgan fingerprint density at radius 2 is 2.20 bits per heavy atom. The molecular formula is C8H13NO. The van der Waals surface area contributed by atoms with Gasteiger partial charge in [0.15, 0.2) is 0 Å². The maximum Gasteiger partial charge on any atom is 0.220 e. The second-order valence-electron chi connectivity index (χ2n) is 2.79. The summed E-state index contributed by atoms with van der Waals surface area (Å²) in [7, 11) is 0. The van der Waals surface area contributed by atoms with Gasteiger partial charge in [-0.05, 0) is 26.2 Å². The molecule has 1 N–H and O–H groups in total. The smallest absolute Gasteiger partial charge is 0.220 e. The molecule has 0 spiro atoms. The predicted octanol–water partition coefficient (Wildman–Crippen LogP) is 1.58. The van der Waals surface area contributed by atoms with Gasteiger partial charge in [0.2, 0.25) is 5.91 Å². The van der Waals surface area contributed by atoms with Gasteiger partial charge in [-0.25, -0.2) is 0 Å². The minimum absolute atomic E-state index is 0.0521. The number of hydrogen-bond acceptors (Lipinski definition) is 1. The van der Waals surface area contributed by atoms with Crippen LogP contribution in [0.3, 0.4) is 0 Å². The lowest BCUT2D eigenvalue weighted by Gasteiger charge is -2.02. The van der Waals surface area contributed by atoms with E-state index in [1.807, 2.05) is 0 Å². The Hall–Kier alpha value is -0.790. The van der Waals surface area contributed by atoms with Crippen LogP contribution >= 0.6 is 0 Å². The third kappa shape index (κ3) is 1.59. The molecule has 1 rings (SSSR count). The molecule has 2 nitrogen and oxygen atoms in total. The Morgan fingerprint density at radius 3 is 2.60 bits per heavy atom. The van der Waals surface area contributed by atoms with Crippen LogP contribution in [0.25, 0.3) is 0 Å². The maximum atomic E-state index is 10.6. The van der Waals surface area contributed by atoms with Gasteiger partial charge in [-0.2, -0.15) is 0 Å². The Kier molecular flexibility index (Phi) is 2.10. The van der Waals surface area contributed by atoms with E-state index in [2.05, 4.69) is 12.2 Å². The van der Waals surface area contributed by atoms with Crippen molar-refractivity contribution < 1.29 is 4.79 Å². The maximum absolute atomic E-state index is 10.6. The number of amides is 1. The van der Waals surface area contributed by atoms with Crippen LogP contribution < -0.4 is 5.32 Å². The van der Waals surface area contributed by atoms with Crippen molar-refractivity contribution in [1.82, 2.24) is 5.32 Å². The zero-order chi connectivity index (χ0) is 7.56. The van der Waals surface area contributed by atoms with Gasteiger partial charge in [0.05, 0.1) is 0 Å². The first-order valence-electron chi connectivity index (χ1n) is 3.66. The molecular weight excluding hydrogens is 126 g/mol. The molecule has 0 heterocycles. The molecule has 0 saturated heterocycles. The van der Waals surface area contributed by atoms with E-state index >= 15 is 0 Å². The number of hydrogen-bond donors (Lipinski definition) is 1. The quantitative estimate of drug-likeness (QED) is 0.587. The van der Waals surface area contributed by atoms with Crippen molar-refractivity contribution in [2.45, 2.75) is 33.1 Å². The first-order valence-corrected chi connectivity index (χ1v) is 3.66. The first kappa shape index (κ1) is 7.32. The summed E-state index contributed by atoms with van der Waals surface area (Å²) >= 11 is 0. The fraction of sp³-hybridized carbons (Fsp3) is 0.625.